The molecule has 1 saturated heterocycles. The minimum absolute atomic E-state index is 0.0137. The summed E-state index contributed by atoms with van der Waals surface area (Å²) in [6.45, 7) is 3.85. The molecule has 8 heteroatoms. The highest BCUT2D eigenvalue weighted by molar-refractivity contribution is 7.89. The Labute approximate surface area is 190 Å². The molecule has 31 heavy (non-hydrogen) atoms. The van der Waals surface area contributed by atoms with Gasteiger partial charge >= 0.3 is 0 Å². The molecule has 1 atom stereocenters. The second kappa shape index (κ2) is 8.01. The molecule has 1 aromatic carbocycles. The first-order valence-corrected chi connectivity index (χ1v) is 13.4. The van der Waals surface area contributed by atoms with Gasteiger partial charge in [-0.3, -0.25) is 9.69 Å². The van der Waals surface area contributed by atoms with Crippen LogP contribution in [0.4, 0.5) is 0 Å². The van der Waals surface area contributed by atoms with Crippen LogP contribution in [0, 0.1) is 17.8 Å². The van der Waals surface area contributed by atoms with E-state index < -0.39 is 10.0 Å². The van der Waals surface area contributed by atoms with Gasteiger partial charge in [-0.05, 0) is 87.5 Å². The minimum Gasteiger partial charge on any atom is -0.349 e. The maximum Gasteiger partial charge on any atom is 0.243 e. The fourth-order valence-corrected chi connectivity index (χ4v) is 8.43. The van der Waals surface area contributed by atoms with Gasteiger partial charge in [-0.15, -0.1) is 0 Å². The minimum atomic E-state index is -3.54. The quantitative estimate of drug-likeness (QED) is 0.725. The molecule has 0 radical (unpaired) electrons. The maximum absolute atomic E-state index is 13.2. The summed E-state index contributed by atoms with van der Waals surface area (Å²) in [5.74, 6) is 2.49. The number of nitrogens with one attached hydrogen (secondary N) is 1. The molecular formula is C23H32ClN3O3S. The lowest BCUT2D eigenvalue weighted by atomic mass is 9.53. The molecule has 1 aliphatic heterocycles. The average molecular weight is 466 g/mol. The van der Waals surface area contributed by atoms with E-state index in [2.05, 4.69) is 10.2 Å². The molecule has 0 aromatic heterocycles. The van der Waals surface area contributed by atoms with Gasteiger partial charge in [-0.2, -0.15) is 4.31 Å². The summed E-state index contributed by atoms with van der Waals surface area (Å²) in [6.07, 6.45) is 7.50. The van der Waals surface area contributed by atoms with Crippen molar-refractivity contribution >= 4 is 27.5 Å². The Bertz CT molecular complexity index is 906. The van der Waals surface area contributed by atoms with Crippen molar-refractivity contribution in [3.8, 4) is 0 Å². The third kappa shape index (κ3) is 4.14. The first-order valence-electron chi connectivity index (χ1n) is 11.6. The molecule has 6 nitrogen and oxygen atoms in total. The van der Waals surface area contributed by atoms with E-state index in [1.807, 2.05) is 6.92 Å². The molecule has 0 unspecified atom stereocenters. The smallest absolute Gasteiger partial charge is 0.243 e. The molecule has 1 aromatic rings. The van der Waals surface area contributed by atoms with E-state index in [4.69, 9.17) is 11.6 Å². The van der Waals surface area contributed by atoms with Crippen molar-refractivity contribution in [2.75, 3.05) is 26.2 Å². The van der Waals surface area contributed by atoms with Crippen LogP contribution in [-0.4, -0.2) is 61.3 Å². The number of rotatable bonds is 5. The molecule has 4 bridgehead atoms. The number of hydrogen-bond acceptors (Lipinski definition) is 4. The Morgan fingerprint density at radius 1 is 1.00 bits per heavy atom. The maximum atomic E-state index is 13.2. The monoisotopic (exact) mass is 465 g/mol. The van der Waals surface area contributed by atoms with Gasteiger partial charge in [0.05, 0.1) is 10.9 Å². The lowest BCUT2D eigenvalue weighted by molar-refractivity contribution is -0.132. The molecule has 1 amide bonds. The van der Waals surface area contributed by atoms with E-state index in [1.165, 1.54) is 23.6 Å². The average Bonchev–Trinajstić information content (AvgIpc) is 2.72. The fraction of sp³-hybridized carbons (Fsp3) is 0.696. The van der Waals surface area contributed by atoms with Crippen molar-refractivity contribution in [1.82, 2.24) is 14.5 Å². The molecule has 5 aliphatic rings. The third-order valence-corrected chi connectivity index (χ3v) is 10.2. The number of carbonyl (C=O) groups excluding carboxylic acids is 1. The Morgan fingerprint density at radius 2 is 1.52 bits per heavy atom. The first kappa shape index (κ1) is 21.7. The van der Waals surface area contributed by atoms with Gasteiger partial charge in [0, 0.05) is 36.7 Å². The zero-order valence-electron chi connectivity index (χ0n) is 18.1. The van der Waals surface area contributed by atoms with Gasteiger partial charge in [0.1, 0.15) is 0 Å². The van der Waals surface area contributed by atoms with E-state index in [1.54, 1.807) is 24.3 Å². The number of carbonyl (C=O) groups is 1. The number of benzene rings is 1. The van der Waals surface area contributed by atoms with Crippen molar-refractivity contribution < 1.29 is 13.2 Å². The van der Waals surface area contributed by atoms with E-state index >= 15 is 0 Å². The van der Waals surface area contributed by atoms with Crippen LogP contribution in [0.5, 0.6) is 0 Å². The van der Waals surface area contributed by atoms with Gasteiger partial charge in [-0.1, -0.05) is 11.6 Å². The van der Waals surface area contributed by atoms with Crippen LogP contribution in [0.3, 0.4) is 0 Å². The van der Waals surface area contributed by atoms with Gasteiger partial charge in [-0.25, -0.2) is 8.42 Å². The predicted octanol–water partition coefficient (Wildman–Crippen LogP) is 3.12. The Morgan fingerprint density at radius 3 is 2.03 bits per heavy atom. The summed E-state index contributed by atoms with van der Waals surface area (Å²) < 4.78 is 27.3. The van der Waals surface area contributed by atoms with Gasteiger partial charge in [0.15, 0.2) is 0 Å². The summed E-state index contributed by atoms with van der Waals surface area (Å²) in [4.78, 5) is 15.5. The van der Waals surface area contributed by atoms with Crippen molar-refractivity contribution in [2.24, 2.45) is 17.8 Å². The summed E-state index contributed by atoms with van der Waals surface area (Å²) >= 11 is 5.89. The van der Waals surface area contributed by atoms with Crippen molar-refractivity contribution in [2.45, 2.75) is 61.9 Å². The zero-order chi connectivity index (χ0) is 21.8. The highest BCUT2D eigenvalue weighted by Gasteiger charge is 2.52. The molecule has 5 fully saturated rings. The second-order valence-corrected chi connectivity index (χ2v) is 12.6. The summed E-state index contributed by atoms with van der Waals surface area (Å²) in [6, 6.07) is 6.05. The number of piperazine rings is 1. The molecule has 1 heterocycles. The molecule has 1 N–H and O–H groups in total. The number of nitrogens with zero attached hydrogens (tertiary/aromatic N) is 2. The second-order valence-electron chi connectivity index (χ2n) is 10.3. The fourth-order valence-electron chi connectivity index (χ4n) is 6.88. The lowest BCUT2D eigenvalue weighted by Gasteiger charge is -2.57. The van der Waals surface area contributed by atoms with Crippen LogP contribution in [-0.2, 0) is 14.8 Å². The molecule has 4 saturated carbocycles. The van der Waals surface area contributed by atoms with Crippen molar-refractivity contribution in [3.05, 3.63) is 29.3 Å². The van der Waals surface area contributed by atoms with E-state index in [9.17, 15) is 13.2 Å². The van der Waals surface area contributed by atoms with Crippen LogP contribution in [0.25, 0.3) is 0 Å². The standard InChI is InChI=1S/C23H32ClN3O3S/c1-16(22(28)25-23-13-17-10-18(14-23)12-19(11-17)15-23)26-6-8-27(9-7-26)31(29,30)21-4-2-20(24)3-5-21/h2-5,16-19H,6-15H2,1H3,(H,25,28)/t16-,17?,18?,19?,23?/m1/s1. The lowest BCUT2D eigenvalue weighted by Crippen LogP contribution is -2.63. The SMILES string of the molecule is C[C@H](C(=O)NC12CC3CC(CC(C3)C1)C2)N1CCN(S(=O)(=O)c2ccc(Cl)cc2)CC1. The van der Waals surface area contributed by atoms with Crippen LogP contribution in [0.2, 0.25) is 5.02 Å². The Hall–Kier alpha value is -1.15. The number of halogens is 1. The van der Waals surface area contributed by atoms with E-state index in [-0.39, 0.29) is 22.4 Å². The molecule has 4 aliphatic carbocycles. The van der Waals surface area contributed by atoms with Crippen LogP contribution < -0.4 is 5.32 Å². The number of amides is 1. The predicted molar refractivity (Wildman–Crippen MR) is 120 cm³/mol. The molecule has 6 rings (SSSR count). The molecular weight excluding hydrogens is 434 g/mol. The zero-order valence-corrected chi connectivity index (χ0v) is 19.7. The van der Waals surface area contributed by atoms with E-state index in [0.29, 0.717) is 31.2 Å². The van der Waals surface area contributed by atoms with E-state index in [0.717, 1.165) is 37.0 Å². The third-order valence-electron chi connectivity index (χ3n) is 8.08. The van der Waals surface area contributed by atoms with Gasteiger partial charge in [0.25, 0.3) is 0 Å². The number of sulfonamides is 1. The molecule has 0 spiro atoms. The van der Waals surface area contributed by atoms with Crippen molar-refractivity contribution in [3.63, 3.8) is 0 Å². The Balaban J connectivity index is 1.19. The first-order chi connectivity index (χ1) is 14.7. The summed E-state index contributed by atoms with van der Waals surface area (Å²) in [7, 11) is -3.54. The summed E-state index contributed by atoms with van der Waals surface area (Å²) in [5.41, 5.74) is 0.0137. The van der Waals surface area contributed by atoms with Crippen LogP contribution in [0.1, 0.15) is 45.4 Å². The number of hydrogen-bond donors (Lipinski definition) is 1. The highest BCUT2D eigenvalue weighted by atomic mass is 35.5. The van der Waals surface area contributed by atoms with Crippen LogP contribution >= 0.6 is 11.6 Å². The van der Waals surface area contributed by atoms with Gasteiger partial charge in [0.2, 0.25) is 15.9 Å². The highest BCUT2D eigenvalue weighted by Crippen LogP contribution is 2.55. The van der Waals surface area contributed by atoms with Crippen molar-refractivity contribution in [1.29, 1.82) is 0 Å². The topological polar surface area (TPSA) is 69.7 Å². The Kier molecular flexibility index (Phi) is 5.60. The largest absolute Gasteiger partial charge is 0.349 e. The van der Waals surface area contributed by atoms with Gasteiger partial charge < -0.3 is 5.32 Å². The normalized spacial score (nSPS) is 34.6. The van der Waals surface area contributed by atoms with Crippen LogP contribution in [0.15, 0.2) is 29.2 Å². The molecule has 170 valence electrons. The summed E-state index contributed by atoms with van der Waals surface area (Å²) in [5, 5.41) is 3.99.